The highest BCUT2D eigenvalue weighted by Gasteiger charge is 2.04. The molecule has 0 aliphatic rings. The summed E-state index contributed by atoms with van der Waals surface area (Å²) in [5.41, 5.74) is 2.32. The highest BCUT2D eigenvalue weighted by atomic mass is 35.5. The van der Waals surface area contributed by atoms with E-state index in [9.17, 15) is 0 Å². The Morgan fingerprint density at radius 1 is 1.00 bits per heavy atom. The molecule has 0 fully saturated rings. The summed E-state index contributed by atoms with van der Waals surface area (Å²) < 4.78 is 1.31. The molecule has 0 atom stereocenters. The van der Waals surface area contributed by atoms with Gasteiger partial charge in [0, 0.05) is 17.0 Å². The molecule has 0 aliphatic heterocycles. The molecular weight excluding hydrogens is 306 g/mol. The molecule has 1 nitrogen and oxygen atoms in total. The Labute approximate surface area is 131 Å². The average molecular weight is 318 g/mol. The lowest BCUT2D eigenvalue weighted by molar-refractivity contribution is 1.34. The number of pyridine rings is 1. The molecule has 0 aliphatic carbocycles. The van der Waals surface area contributed by atoms with Crippen molar-refractivity contribution >= 4 is 34.7 Å². The molecule has 2 aromatic heterocycles. The van der Waals surface area contributed by atoms with Gasteiger partial charge in [-0.05, 0) is 42.0 Å². The van der Waals surface area contributed by atoms with Crippen LogP contribution in [0.5, 0.6) is 0 Å². The molecule has 4 heteroatoms. The van der Waals surface area contributed by atoms with Gasteiger partial charge in [0.05, 0.1) is 14.8 Å². The van der Waals surface area contributed by atoms with Crippen LogP contribution < -0.4 is 0 Å². The highest BCUT2D eigenvalue weighted by molar-refractivity contribution is 8.00. The summed E-state index contributed by atoms with van der Waals surface area (Å²) in [6.07, 6.45) is 1.83. The lowest BCUT2D eigenvalue weighted by atomic mass is 10.2. The van der Waals surface area contributed by atoms with Gasteiger partial charge in [-0.2, -0.15) is 0 Å². The summed E-state index contributed by atoms with van der Waals surface area (Å²) in [6, 6.07) is 18.3. The maximum absolute atomic E-state index is 5.89. The zero-order valence-electron chi connectivity index (χ0n) is 10.6. The van der Waals surface area contributed by atoms with Gasteiger partial charge in [-0.25, -0.2) is 0 Å². The standard InChI is InChI=1S/C16H12ClNS2/c17-13-6-4-12(5-7-13)11-19-16-9-8-15(20-16)14-3-1-2-10-18-14/h1-10H,11H2. The predicted octanol–water partition coefficient (Wildman–Crippen LogP) is 5.76. The van der Waals surface area contributed by atoms with Crippen LogP contribution in [0.25, 0.3) is 10.6 Å². The molecule has 0 unspecified atom stereocenters. The molecule has 0 saturated heterocycles. The second-order valence-corrected chi connectivity index (χ2v) is 7.04. The first-order chi connectivity index (χ1) is 9.81. The molecule has 3 rings (SSSR count). The van der Waals surface area contributed by atoms with E-state index in [0.29, 0.717) is 0 Å². The van der Waals surface area contributed by atoms with E-state index in [1.54, 1.807) is 11.3 Å². The first kappa shape index (κ1) is 13.7. The van der Waals surface area contributed by atoms with Gasteiger partial charge in [0.15, 0.2) is 0 Å². The van der Waals surface area contributed by atoms with Crippen molar-refractivity contribution in [2.45, 2.75) is 9.96 Å². The van der Waals surface area contributed by atoms with E-state index in [1.807, 2.05) is 48.3 Å². The van der Waals surface area contributed by atoms with Crippen LogP contribution in [0.1, 0.15) is 5.56 Å². The molecule has 3 aromatic rings. The summed E-state index contributed by atoms with van der Waals surface area (Å²) in [5, 5.41) is 0.785. The zero-order valence-corrected chi connectivity index (χ0v) is 13.0. The number of benzene rings is 1. The number of nitrogens with zero attached hydrogens (tertiary/aromatic N) is 1. The van der Waals surface area contributed by atoms with Crippen LogP contribution in [0.3, 0.4) is 0 Å². The van der Waals surface area contributed by atoms with Gasteiger partial charge in [-0.3, -0.25) is 4.98 Å². The van der Waals surface area contributed by atoms with Gasteiger partial charge in [-0.1, -0.05) is 29.8 Å². The maximum Gasteiger partial charge on any atom is 0.0802 e. The van der Waals surface area contributed by atoms with Crippen LogP contribution in [-0.4, -0.2) is 4.98 Å². The van der Waals surface area contributed by atoms with E-state index in [-0.39, 0.29) is 0 Å². The van der Waals surface area contributed by atoms with Crippen molar-refractivity contribution in [3.05, 3.63) is 71.4 Å². The van der Waals surface area contributed by atoms with Crippen LogP contribution in [0.4, 0.5) is 0 Å². The Hall–Kier alpha value is -1.29. The number of hydrogen-bond acceptors (Lipinski definition) is 3. The molecule has 1 aromatic carbocycles. The number of hydrogen-bond donors (Lipinski definition) is 0. The van der Waals surface area contributed by atoms with Gasteiger partial charge < -0.3 is 0 Å². The second kappa shape index (κ2) is 6.44. The van der Waals surface area contributed by atoms with Gasteiger partial charge in [-0.15, -0.1) is 23.1 Å². The third-order valence-corrected chi connectivity index (χ3v) is 5.45. The van der Waals surface area contributed by atoms with E-state index < -0.39 is 0 Å². The number of halogens is 1. The van der Waals surface area contributed by atoms with Crippen LogP contribution >= 0.6 is 34.7 Å². The fourth-order valence-electron chi connectivity index (χ4n) is 1.78. The first-order valence-electron chi connectivity index (χ1n) is 6.20. The van der Waals surface area contributed by atoms with E-state index in [1.165, 1.54) is 14.6 Å². The molecule has 100 valence electrons. The van der Waals surface area contributed by atoms with Gasteiger partial charge >= 0.3 is 0 Å². The Morgan fingerprint density at radius 3 is 2.60 bits per heavy atom. The zero-order chi connectivity index (χ0) is 13.8. The second-order valence-electron chi connectivity index (χ2n) is 4.25. The van der Waals surface area contributed by atoms with Crippen molar-refractivity contribution in [3.63, 3.8) is 0 Å². The lowest BCUT2D eigenvalue weighted by Gasteiger charge is -1.99. The van der Waals surface area contributed by atoms with Crippen molar-refractivity contribution in [3.8, 4) is 10.6 Å². The molecule has 0 bridgehead atoms. The van der Waals surface area contributed by atoms with Crippen LogP contribution in [0.2, 0.25) is 5.02 Å². The van der Waals surface area contributed by atoms with E-state index in [2.05, 4.69) is 29.2 Å². The molecular formula is C16H12ClNS2. The number of rotatable bonds is 4. The van der Waals surface area contributed by atoms with Crippen molar-refractivity contribution in [2.75, 3.05) is 0 Å². The van der Waals surface area contributed by atoms with Gasteiger partial charge in [0.1, 0.15) is 0 Å². The minimum absolute atomic E-state index is 0.785. The molecule has 0 radical (unpaired) electrons. The van der Waals surface area contributed by atoms with Gasteiger partial charge in [0.2, 0.25) is 0 Å². The van der Waals surface area contributed by atoms with Gasteiger partial charge in [0.25, 0.3) is 0 Å². The molecule has 0 amide bonds. The number of thioether (sulfide) groups is 1. The summed E-state index contributed by atoms with van der Waals surface area (Å²) in [5.74, 6) is 0.958. The molecule has 20 heavy (non-hydrogen) atoms. The van der Waals surface area contributed by atoms with Crippen LogP contribution in [-0.2, 0) is 5.75 Å². The predicted molar refractivity (Wildman–Crippen MR) is 88.6 cm³/mol. The number of thiophene rings is 1. The Balaban J connectivity index is 1.67. The summed E-state index contributed by atoms with van der Waals surface area (Å²) in [4.78, 5) is 5.59. The van der Waals surface area contributed by atoms with E-state index >= 15 is 0 Å². The molecule has 0 N–H and O–H groups in total. The van der Waals surface area contributed by atoms with Crippen molar-refractivity contribution < 1.29 is 0 Å². The van der Waals surface area contributed by atoms with Crippen molar-refractivity contribution in [1.82, 2.24) is 4.98 Å². The molecule has 2 heterocycles. The summed E-state index contributed by atoms with van der Waals surface area (Å²) in [7, 11) is 0. The Morgan fingerprint density at radius 2 is 1.85 bits per heavy atom. The van der Waals surface area contributed by atoms with Crippen LogP contribution in [0, 0.1) is 0 Å². The minimum Gasteiger partial charge on any atom is -0.255 e. The largest absolute Gasteiger partial charge is 0.255 e. The normalized spacial score (nSPS) is 10.7. The summed E-state index contributed by atoms with van der Waals surface area (Å²) >= 11 is 9.51. The third-order valence-electron chi connectivity index (χ3n) is 2.79. The SMILES string of the molecule is Clc1ccc(CSc2ccc(-c3ccccn3)s2)cc1. The van der Waals surface area contributed by atoms with Crippen molar-refractivity contribution in [1.29, 1.82) is 0 Å². The Kier molecular flexibility index (Phi) is 4.41. The quantitative estimate of drug-likeness (QED) is 0.568. The third kappa shape index (κ3) is 3.42. The van der Waals surface area contributed by atoms with E-state index in [4.69, 9.17) is 11.6 Å². The maximum atomic E-state index is 5.89. The molecule has 0 spiro atoms. The van der Waals surface area contributed by atoms with Crippen molar-refractivity contribution in [2.24, 2.45) is 0 Å². The lowest BCUT2D eigenvalue weighted by Crippen LogP contribution is -1.77. The highest BCUT2D eigenvalue weighted by Crippen LogP contribution is 2.34. The summed E-state index contributed by atoms with van der Waals surface area (Å²) in [6.45, 7) is 0. The fourth-order valence-corrected chi connectivity index (χ4v) is 3.97. The topological polar surface area (TPSA) is 12.9 Å². The smallest absolute Gasteiger partial charge is 0.0802 e. The first-order valence-corrected chi connectivity index (χ1v) is 8.38. The fraction of sp³-hybridized carbons (Fsp3) is 0.0625. The average Bonchev–Trinajstić information content (AvgIpc) is 2.97. The Bertz CT molecular complexity index is 677. The van der Waals surface area contributed by atoms with Crippen LogP contribution in [0.15, 0.2) is 65.0 Å². The monoisotopic (exact) mass is 317 g/mol. The minimum atomic E-state index is 0.785. The van der Waals surface area contributed by atoms with E-state index in [0.717, 1.165) is 16.5 Å². The molecule has 0 saturated carbocycles. The number of aromatic nitrogens is 1.